The molecule has 0 unspecified atom stereocenters. The highest BCUT2D eigenvalue weighted by Gasteiger charge is 2.40. The highest BCUT2D eigenvalue weighted by Crippen LogP contribution is 2.29. The molecular formula is C10H15BBrClO3S. The predicted molar refractivity (Wildman–Crippen MR) is 76.1 cm³/mol. The van der Waals surface area contributed by atoms with Crippen LogP contribution in [-0.4, -0.2) is 28.5 Å². The van der Waals surface area contributed by atoms with Gasteiger partial charge in [0.25, 0.3) is 0 Å². The predicted octanol–water partition coefficient (Wildman–Crippen LogP) is 2.42. The third-order valence-corrected chi connectivity index (χ3v) is 5.29. The smallest absolute Gasteiger partial charge is 0.423 e. The van der Waals surface area contributed by atoms with Gasteiger partial charge in [-0.25, -0.2) is 0 Å². The molecule has 96 valence electrons. The molecule has 7 heteroatoms. The molecule has 1 aromatic rings. The van der Waals surface area contributed by atoms with Crippen molar-refractivity contribution in [3.63, 3.8) is 0 Å². The van der Waals surface area contributed by atoms with Crippen molar-refractivity contribution >= 4 is 50.8 Å². The average Bonchev–Trinajstić information content (AvgIpc) is 2.44. The fourth-order valence-corrected chi connectivity index (χ4v) is 2.62. The number of aliphatic hydroxyl groups is 1. The molecule has 0 saturated heterocycles. The van der Waals surface area contributed by atoms with Gasteiger partial charge in [-0.2, -0.15) is 0 Å². The average molecular weight is 341 g/mol. The summed E-state index contributed by atoms with van der Waals surface area (Å²) >= 11 is 10.4. The lowest BCUT2D eigenvalue weighted by Crippen LogP contribution is -2.52. The summed E-state index contributed by atoms with van der Waals surface area (Å²) in [6.45, 7) is 6.72. The zero-order valence-electron chi connectivity index (χ0n) is 10.1. The van der Waals surface area contributed by atoms with Crippen LogP contribution in [0.5, 0.6) is 0 Å². The second kappa shape index (κ2) is 5.19. The fourth-order valence-electron chi connectivity index (χ4n) is 0.966. The van der Waals surface area contributed by atoms with Crippen molar-refractivity contribution in [1.29, 1.82) is 0 Å². The first-order chi connectivity index (χ1) is 7.54. The Morgan fingerprint density at radius 1 is 1.41 bits per heavy atom. The lowest BCUT2D eigenvalue weighted by molar-refractivity contribution is -0.0981. The van der Waals surface area contributed by atoms with Crippen LogP contribution in [0.2, 0.25) is 4.34 Å². The van der Waals surface area contributed by atoms with Crippen molar-refractivity contribution in [2.75, 3.05) is 0 Å². The quantitative estimate of drug-likeness (QED) is 0.827. The summed E-state index contributed by atoms with van der Waals surface area (Å²) in [7, 11) is -1.11. The number of thiophene rings is 1. The second-order valence-corrected chi connectivity index (χ2v) is 7.35. The molecule has 0 amide bonds. The van der Waals surface area contributed by atoms with E-state index in [0.717, 1.165) is 4.47 Å². The molecule has 0 atom stereocenters. The number of rotatable bonds is 4. The van der Waals surface area contributed by atoms with Gasteiger partial charge in [0, 0.05) is 9.25 Å². The van der Waals surface area contributed by atoms with Crippen LogP contribution in [0, 0.1) is 0 Å². The van der Waals surface area contributed by atoms with Gasteiger partial charge < -0.3 is 14.8 Å². The van der Waals surface area contributed by atoms with E-state index in [1.165, 1.54) is 11.3 Å². The van der Waals surface area contributed by atoms with Gasteiger partial charge in [0.1, 0.15) is 4.34 Å². The van der Waals surface area contributed by atoms with Crippen LogP contribution < -0.4 is 4.78 Å². The SMILES string of the molecule is CC(C)(O)C(C)(C)OB(O)c1cc(Br)c(Cl)s1. The van der Waals surface area contributed by atoms with Gasteiger partial charge in [-0.15, -0.1) is 11.3 Å². The van der Waals surface area contributed by atoms with Crippen LogP contribution in [0.15, 0.2) is 10.5 Å². The third kappa shape index (κ3) is 3.69. The summed E-state index contributed by atoms with van der Waals surface area (Å²) in [5.41, 5.74) is -1.94. The zero-order chi connectivity index (χ0) is 13.4. The molecule has 1 rings (SSSR count). The molecular weight excluding hydrogens is 326 g/mol. The van der Waals surface area contributed by atoms with Crippen molar-refractivity contribution in [3.05, 3.63) is 14.9 Å². The van der Waals surface area contributed by atoms with E-state index in [2.05, 4.69) is 15.9 Å². The van der Waals surface area contributed by atoms with Crippen molar-refractivity contribution in [1.82, 2.24) is 0 Å². The van der Waals surface area contributed by atoms with Crippen molar-refractivity contribution in [2.45, 2.75) is 38.9 Å². The molecule has 1 aromatic heterocycles. The highest BCUT2D eigenvalue weighted by molar-refractivity contribution is 9.10. The molecule has 0 aliphatic carbocycles. The van der Waals surface area contributed by atoms with E-state index in [1.54, 1.807) is 33.8 Å². The van der Waals surface area contributed by atoms with E-state index in [9.17, 15) is 10.1 Å². The summed E-state index contributed by atoms with van der Waals surface area (Å²) in [4.78, 5) is 0. The van der Waals surface area contributed by atoms with E-state index >= 15 is 0 Å². The molecule has 0 radical (unpaired) electrons. The molecule has 17 heavy (non-hydrogen) atoms. The normalized spacial score (nSPS) is 12.9. The summed E-state index contributed by atoms with van der Waals surface area (Å²) in [6, 6.07) is 1.71. The first-order valence-corrected chi connectivity index (χ1v) is 7.06. The Morgan fingerprint density at radius 2 is 1.94 bits per heavy atom. The Kier molecular flexibility index (Phi) is 4.72. The van der Waals surface area contributed by atoms with Crippen LogP contribution in [-0.2, 0) is 4.65 Å². The molecule has 0 fully saturated rings. The van der Waals surface area contributed by atoms with Crippen LogP contribution in [0.25, 0.3) is 0 Å². The standard InChI is InChI=1S/C10H15BBrClO3S/c1-9(2,14)10(3,4)16-11(15)7-5-6(12)8(13)17-7/h5,14-15H,1-4H3. The summed E-state index contributed by atoms with van der Waals surface area (Å²) in [6.07, 6.45) is 0. The van der Waals surface area contributed by atoms with Gasteiger partial charge in [0.05, 0.1) is 11.2 Å². The van der Waals surface area contributed by atoms with E-state index in [1.807, 2.05) is 0 Å². The molecule has 0 aliphatic rings. The van der Waals surface area contributed by atoms with Crippen LogP contribution in [0.4, 0.5) is 0 Å². The Bertz CT molecular complexity index is 383. The summed E-state index contributed by atoms with van der Waals surface area (Å²) in [5.74, 6) is 0. The Morgan fingerprint density at radius 3 is 2.29 bits per heavy atom. The van der Waals surface area contributed by atoms with E-state index < -0.39 is 18.3 Å². The molecule has 2 N–H and O–H groups in total. The highest BCUT2D eigenvalue weighted by atomic mass is 79.9. The molecule has 0 aliphatic heterocycles. The molecule has 0 saturated carbocycles. The largest absolute Gasteiger partial charge is 0.502 e. The van der Waals surface area contributed by atoms with Crippen LogP contribution in [0.3, 0.4) is 0 Å². The van der Waals surface area contributed by atoms with E-state index in [4.69, 9.17) is 16.3 Å². The van der Waals surface area contributed by atoms with Gasteiger partial charge in [-0.05, 0) is 49.7 Å². The van der Waals surface area contributed by atoms with Crippen molar-refractivity contribution in [3.8, 4) is 0 Å². The maximum atomic E-state index is 9.95. The Hall–Kier alpha value is 0.415. The van der Waals surface area contributed by atoms with Gasteiger partial charge in [0.15, 0.2) is 0 Å². The summed E-state index contributed by atoms with van der Waals surface area (Å²) in [5, 5.41) is 19.9. The third-order valence-electron chi connectivity index (χ3n) is 2.79. The number of hydrogen-bond acceptors (Lipinski definition) is 4. The Balaban J connectivity index is 2.83. The zero-order valence-corrected chi connectivity index (χ0v) is 13.3. The molecule has 3 nitrogen and oxygen atoms in total. The van der Waals surface area contributed by atoms with Crippen molar-refractivity contribution in [2.24, 2.45) is 0 Å². The molecule has 1 heterocycles. The summed E-state index contributed by atoms with van der Waals surface area (Å²) < 4.78 is 7.37. The van der Waals surface area contributed by atoms with E-state index in [-0.39, 0.29) is 0 Å². The minimum atomic E-state index is -1.11. The van der Waals surface area contributed by atoms with Gasteiger partial charge in [-0.3, -0.25) is 0 Å². The Labute approximate surface area is 119 Å². The lowest BCUT2D eigenvalue weighted by atomic mass is 9.82. The first kappa shape index (κ1) is 15.5. The molecule has 0 aromatic carbocycles. The minimum Gasteiger partial charge on any atom is -0.423 e. The van der Waals surface area contributed by atoms with Crippen molar-refractivity contribution < 1.29 is 14.8 Å². The fraction of sp³-hybridized carbons (Fsp3) is 0.600. The van der Waals surface area contributed by atoms with Gasteiger partial charge >= 0.3 is 7.12 Å². The number of hydrogen-bond donors (Lipinski definition) is 2. The lowest BCUT2D eigenvalue weighted by Gasteiger charge is -2.38. The van der Waals surface area contributed by atoms with Crippen LogP contribution >= 0.6 is 38.9 Å². The molecule has 0 spiro atoms. The van der Waals surface area contributed by atoms with Crippen LogP contribution in [0.1, 0.15) is 27.7 Å². The maximum absolute atomic E-state index is 9.95. The van der Waals surface area contributed by atoms with Gasteiger partial charge in [0.2, 0.25) is 0 Å². The second-order valence-electron chi connectivity index (χ2n) is 4.81. The topological polar surface area (TPSA) is 49.7 Å². The number of halogens is 2. The first-order valence-electron chi connectivity index (χ1n) is 5.07. The maximum Gasteiger partial charge on any atom is 0.502 e. The van der Waals surface area contributed by atoms with E-state index in [0.29, 0.717) is 9.11 Å². The monoisotopic (exact) mass is 340 g/mol. The molecule has 0 bridgehead atoms. The minimum absolute atomic E-state index is 0.559. The van der Waals surface area contributed by atoms with Gasteiger partial charge in [-0.1, -0.05) is 11.6 Å².